The number of hydrogen-bond donors (Lipinski definition) is 0. The van der Waals surface area contributed by atoms with Gasteiger partial charge in [0.25, 0.3) is 0 Å². The lowest BCUT2D eigenvalue weighted by molar-refractivity contribution is -0.555. The first kappa shape index (κ1) is 12.2. The molecule has 0 aromatic rings. The van der Waals surface area contributed by atoms with Crippen LogP contribution in [0.15, 0.2) is 11.8 Å². The predicted molar refractivity (Wildman–Crippen MR) is 67.6 cm³/mol. The van der Waals surface area contributed by atoms with E-state index >= 15 is 0 Å². The van der Waals surface area contributed by atoms with Crippen molar-refractivity contribution < 1.29 is 19.2 Å². The molecule has 0 radical (unpaired) electrons. The summed E-state index contributed by atoms with van der Waals surface area (Å²) in [6, 6.07) is 0. The highest BCUT2D eigenvalue weighted by atomic mass is 17.3. The Hall–Kier alpha value is -0.580. The third kappa shape index (κ3) is 1.45. The van der Waals surface area contributed by atoms with Crippen molar-refractivity contribution in [3.8, 4) is 0 Å². The minimum Gasteiger partial charge on any atom is -0.469 e. The SMILES string of the molecule is CC1=CO[C@@H]2OC3(C)CC[C@H]4[C@H](C)CC[C@@H]1[C@@]24OO3. The molecule has 3 saturated heterocycles. The van der Waals surface area contributed by atoms with Crippen LogP contribution in [0.4, 0.5) is 0 Å². The van der Waals surface area contributed by atoms with Crippen molar-refractivity contribution >= 4 is 0 Å². The van der Waals surface area contributed by atoms with Crippen LogP contribution < -0.4 is 0 Å². The van der Waals surface area contributed by atoms with Gasteiger partial charge in [-0.1, -0.05) is 6.92 Å². The first-order valence-corrected chi connectivity index (χ1v) is 7.42. The first-order chi connectivity index (χ1) is 9.05. The molecule has 4 fully saturated rings. The van der Waals surface area contributed by atoms with Crippen LogP contribution >= 0.6 is 0 Å². The van der Waals surface area contributed by atoms with E-state index in [4.69, 9.17) is 19.2 Å². The fourth-order valence-electron chi connectivity index (χ4n) is 4.55. The predicted octanol–water partition coefficient (Wildman–Crippen LogP) is 3.14. The molecular weight excluding hydrogens is 244 g/mol. The molecule has 6 atom stereocenters. The van der Waals surface area contributed by atoms with E-state index in [-0.39, 0.29) is 6.29 Å². The summed E-state index contributed by atoms with van der Waals surface area (Å²) in [6.07, 6.45) is 5.87. The molecule has 19 heavy (non-hydrogen) atoms. The Kier molecular flexibility index (Phi) is 2.40. The summed E-state index contributed by atoms with van der Waals surface area (Å²) in [5.74, 6) is 0.775. The van der Waals surface area contributed by atoms with E-state index in [1.165, 1.54) is 12.0 Å². The first-order valence-electron chi connectivity index (χ1n) is 7.42. The van der Waals surface area contributed by atoms with Crippen molar-refractivity contribution in [2.75, 3.05) is 0 Å². The van der Waals surface area contributed by atoms with Crippen LogP contribution in [0.25, 0.3) is 0 Å². The van der Waals surface area contributed by atoms with E-state index in [1.54, 1.807) is 0 Å². The molecule has 5 aliphatic rings. The van der Waals surface area contributed by atoms with Gasteiger partial charge in [-0.05, 0) is 44.6 Å². The summed E-state index contributed by atoms with van der Waals surface area (Å²) in [4.78, 5) is 11.7. The maximum absolute atomic E-state index is 6.11. The topological polar surface area (TPSA) is 36.9 Å². The van der Waals surface area contributed by atoms with Crippen LogP contribution in [0, 0.1) is 17.8 Å². The standard InChI is InChI=1S/C15H22O4/c1-9-4-5-11-10(2)8-16-13-15(11)12(9)6-7-14(3,17-13)18-19-15/h8-9,11-13H,4-7H2,1-3H3/t9-,11+,12+,13-,14?,15+/m1/s1. The van der Waals surface area contributed by atoms with Crippen molar-refractivity contribution in [2.45, 2.75) is 64.1 Å². The smallest absolute Gasteiger partial charge is 0.235 e. The van der Waals surface area contributed by atoms with E-state index < -0.39 is 11.4 Å². The van der Waals surface area contributed by atoms with Gasteiger partial charge >= 0.3 is 0 Å². The minimum absolute atomic E-state index is 0.324. The third-order valence-electron chi connectivity index (χ3n) is 5.65. The molecule has 0 N–H and O–H groups in total. The highest BCUT2D eigenvalue weighted by Gasteiger charge is 2.67. The van der Waals surface area contributed by atoms with Crippen molar-refractivity contribution in [2.24, 2.45) is 17.8 Å². The monoisotopic (exact) mass is 266 g/mol. The molecule has 0 amide bonds. The number of hydrogen-bond acceptors (Lipinski definition) is 4. The number of fused-ring (bicyclic) bond motifs is 2. The molecule has 5 rings (SSSR count). The Balaban J connectivity index is 1.85. The Bertz CT molecular complexity index is 434. The van der Waals surface area contributed by atoms with Gasteiger partial charge in [0.15, 0.2) is 5.60 Å². The molecule has 4 aliphatic heterocycles. The van der Waals surface area contributed by atoms with Crippen LogP contribution in [0.2, 0.25) is 0 Å². The van der Waals surface area contributed by atoms with Crippen LogP contribution in [0.3, 0.4) is 0 Å². The summed E-state index contributed by atoms with van der Waals surface area (Å²) < 4.78 is 12.0. The van der Waals surface area contributed by atoms with Gasteiger partial charge in [-0.15, -0.1) is 0 Å². The van der Waals surface area contributed by atoms with Gasteiger partial charge < -0.3 is 9.47 Å². The summed E-state index contributed by atoms with van der Waals surface area (Å²) in [6.45, 7) is 6.40. The van der Waals surface area contributed by atoms with Gasteiger partial charge in [-0.3, -0.25) is 0 Å². The minimum atomic E-state index is -0.656. The highest BCUT2D eigenvalue weighted by Crippen LogP contribution is 2.59. The molecule has 1 saturated carbocycles. The van der Waals surface area contributed by atoms with Crippen LogP contribution in [-0.4, -0.2) is 17.7 Å². The Morgan fingerprint density at radius 3 is 2.89 bits per heavy atom. The fraction of sp³-hybridized carbons (Fsp3) is 0.867. The van der Waals surface area contributed by atoms with Crippen molar-refractivity contribution in [3.63, 3.8) is 0 Å². The zero-order chi connectivity index (χ0) is 13.3. The molecule has 1 unspecified atom stereocenters. The van der Waals surface area contributed by atoms with Gasteiger partial charge in [0, 0.05) is 18.3 Å². The largest absolute Gasteiger partial charge is 0.469 e. The van der Waals surface area contributed by atoms with Crippen molar-refractivity contribution in [3.05, 3.63) is 11.8 Å². The molecular formula is C15H22O4. The summed E-state index contributed by atoms with van der Waals surface area (Å²) >= 11 is 0. The maximum atomic E-state index is 6.11. The zero-order valence-corrected chi connectivity index (χ0v) is 11.8. The summed E-state index contributed by atoms with van der Waals surface area (Å²) in [5.41, 5.74) is 0.817. The average Bonchev–Trinajstić information content (AvgIpc) is 2.61. The normalized spacial score (nSPS) is 55.8. The van der Waals surface area contributed by atoms with E-state index in [1.807, 2.05) is 13.2 Å². The molecule has 106 valence electrons. The molecule has 4 heterocycles. The lowest BCUT2D eigenvalue weighted by atomic mass is 9.60. The lowest BCUT2D eigenvalue weighted by Crippen LogP contribution is -2.66. The second-order valence-electron chi connectivity index (χ2n) is 6.85. The van der Waals surface area contributed by atoms with E-state index in [2.05, 4.69) is 13.8 Å². The second-order valence-corrected chi connectivity index (χ2v) is 6.85. The van der Waals surface area contributed by atoms with Gasteiger partial charge in [0.1, 0.15) is 0 Å². The summed E-state index contributed by atoms with van der Waals surface area (Å²) in [5, 5.41) is 0. The molecule has 0 aromatic carbocycles. The second kappa shape index (κ2) is 3.74. The van der Waals surface area contributed by atoms with E-state index in [9.17, 15) is 0 Å². The number of ether oxygens (including phenoxy) is 2. The quantitative estimate of drug-likeness (QED) is 0.631. The zero-order valence-electron chi connectivity index (χ0n) is 11.8. The van der Waals surface area contributed by atoms with E-state index in [0.29, 0.717) is 17.8 Å². The molecule has 1 aliphatic carbocycles. The molecule has 1 spiro atoms. The maximum Gasteiger partial charge on any atom is 0.235 e. The molecule has 4 heteroatoms. The fourth-order valence-corrected chi connectivity index (χ4v) is 4.55. The van der Waals surface area contributed by atoms with Crippen LogP contribution in [0.1, 0.15) is 46.5 Å². The van der Waals surface area contributed by atoms with E-state index in [0.717, 1.165) is 19.3 Å². The van der Waals surface area contributed by atoms with Crippen molar-refractivity contribution in [1.82, 2.24) is 0 Å². The average molecular weight is 266 g/mol. The van der Waals surface area contributed by atoms with Gasteiger partial charge in [-0.25, -0.2) is 9.78 Å². The van der Waals surface area contributed by atoms with Crippen LogP contribution in [0.5, 0.6) is 0 Å². The van der Waals surface area contributed by atoms with Gasteiger partial charge in [-0.2, -0.15) is 0 Å². The molecule has 2 bridgehead atoms. The highest BCUT2D eigenvalue weighted by molar-refractivity contribution is 5.19. The van der Waals surface area contributed by atoms with Crippen LogP contribution in [-0.2, 0) is 19.2 Å². The molecule has 0 aromatic heterocycles. The Labute approximate surface area is 114 Å². The summed E-state index contributed by atoms with van der Waals surface area (Å²) in [7, 11) is 0. The Morgan fingerprint density at radius 1 is 1.21 bits per heavy atom. The third-order valence-corrected chi connectivity index (χ3v) is 5.65. The number of rotatable bonds is 0. The Morgan fingerprint density at radius 2 is 2.05 bits per heavy atom. The lowest BCUT2D eigenvalue weighted by Gasteiger charge is -2.56. The van der Waals surface area contributed by atoms with Crippen molar-refractivity contribution in [1.29, 1.82) is 0 Å². The molecule has 4 nitrogen and oxygen atoms in total. The van der Waals surface area contributed by atoms with Gasteiger partial charge in [0.05, 0.1) is 6.26 Å². The van der Waals surface area contributed by atoms with Gasteiger partial charge in [0.2, 0.25) is 12.1 Å².